The Kier molecular flexibility index (Phi) is 6.57. The van der Waals surface area contributed by atoms with Crippen LogP contribution < -0.4 is 23.5 Å². The van der Waals surface area contributed by atoms with Gasteiger partial charge in [-0.2, -0.15) is 4.57 Å². The van der Waals surface area contributed by atoms with Crippen LogP contribution in [0.3, 0.4) is 0 Å². The number of pyridine rings is 1. The molecule has 2 aromatic carbocycles. The van der Waals surface area contributed by atoms with Crippen LogP contribution in [0, 0.1) is 0 Å². The Hall–Kier alpha value is -3.08. The molecule has 1 aliphatic carbocycles. The van der Waals surface area contributed by atoms with Crippen molar-refractivity contribution in [3.63, 3.8) is 0 Å². The van der Waals surface area contributed by atoms with Crippen molar-refractivity contribution in [2.24, 2.45) is 0 Å². The Labute approximate surface area is 199 Å². The zero-order chi connectivity index (χ0) is 24.6. The molecule has 0 atom stereocenters. The minimum absolute atomic E-state index is 0. The van der Waals surface area contributed by atoms with Crippen LogP contribution in [0.5, 0.6) is 23.0 Å². The van der Waals surface area contributed by atoms with Crippen molar-refractivity contribution in [1.29, 1.82) is 0 Å². The number of ether oxygens (including phenoxy) is 4. The van der Waals surface area contributed by atoms with Gasteiger partial charge in [0.05, 0.1) is 39.4 Å². The van der Waals surface area contributed by atoms with E-state index in [0.29, 0.717) is 5.92 Å². The van der Waals surface area contributed by atoms with Crippen molar-refractivity contribution in [2.45, 2.75) is 31.7 Å². The third kappa shape index (κ3) is 4.75. The summed E-state index contributed by atoms with van der Waals surface area (Å²) in [6.45, 7) is 0.966. The number of nitrogens with zero attached hydrogens (tertiary/aromatic N) is 1. The van der Waals surface area contributed by atoms with E-state index in [-0.39, 0.29) is 1.43 Å². The molecule has 0 bridgehead atoms. The van der Waals surface area contributed by atoms with E-state index in [2.05, 4.69) is 34.9 Å². The molecule has 0 unspecified atom stereocenters. The smallest absolute Gasteiger partial charge is 0.759 e. The van der Waals surface area contributed by atoms with Crippen LogP contribution in [0.4, 0.5) is 0 Å². The molecule has 0 radical (unpaired) electrons. The van der Waals surface area contributed by atoms with Crippen molar-refractivity contribution < 1.29 is 42.5 Å². The molecule has 2 aliphatic rings. The van der Waals surface area contributed by atoms with Crippen LogP contribution in [0.1, 0.15) is 31.4 Å². The zero-order valence-electron chi connectivity index (χ0n) is 20.4. The fourth-order valence-electron chi connectivity index (χ4n) is 4.60. The molecule has 182 valence electrons. The van der Waals surface area contributed by atoms with Gasteiger partial charge in [0.1, 0.15) is 0 Å². The van der Waals surface area contributed by atoms with Crippen LogP contribution in [-0.2, 0) is 23.4 Å². The second-order valence-corrected chi connectivity index (χ2v) is 8.97. The summed E-state index contributed by atoms with van der Waals surface area (Å²) in [5, 5.41) is 2.44. The summed E-state index contributed by atoms with van der Waals surface area (Å²) in [5.41, 5.74) is 5.16. The highest BCUT2D eigenvalue weighted by molar-refractivity contribution is 7.79. The van der Waals surface area contributed by atoms with Gasteiger partial charge in [-0.1, -0.05) is 0 Å². The van der Waals surface area contributed by atoms with Gasteiger partial charge in [-0.3, -0.25) is 8.42 Å². The van der Waals surface area contributed by atoms with E-state index in [1.54, 1.807) is 28.4 Å². The number of hydrogen-bond acceptors (Lipinski definition) is 8. The van der Waals surface area contributed by atoms with Crippen molar-refractivity contribution in [3.05, 3.63) is 41.6 Å². The summed E-state index contributed by atoms with van der Waals surface area (Å²) >= 11 is 0. The van der Waals surface area contributed by atoms with Crippen LogP contribution in [0.2, 0.25) is 0 Å². The molecule has 0 saturated heterocycles. The first-order valence-corrected chi connectivity index (χ1v) is 12.1. The van der Waals surface area contributed by atoms with E-state index in [4.69, 9.17) is 36.5 Å². The van der Waals surface area contributed by atoms with Crippen molar-refractivity contribution >= 4 is 21.2 Å². The van der Waals surface area contributed by atoms with E-state index < -0.39 is 10.4 Å². The molecule has 1 aliphatic heterocycles. The van der Waals surface area contributed by atoms with E-state index >= 15 is 0 Å². The Morgan fingerprint density at radius 2 is 1.38 bits per heavy atom. The lowest BCUT2D eigenvalue weighted by atomic mass is 9.93. The summed E-state index contributed by atoms with van der Waals surface area (Å²) in [6.07, 6.45) is 3.46. The van der Waals surface area contributed by atoms with Crippen molar-refractivity contribution in [2.75, 3.05) is 28.4 Å². The fourth-order valence-corrected chi connectivity index (χ4v) is 4.60. The van der Waals surface area contributed by atoms with Gasteiger partial charge in [0.25, 0.3) is 0 Å². The summed E-state index contributed by atoms with van der Waals surface area (Å²) in [7, 11) is 1.59. The molecule has 0 spiro atoms. The van der Waals surface area contributed by atoms with E-state index in [0.717, 1.165) is 36.0 Å². The highest BCUT2D eigenvalue weighted by Gasteiger charge is 2.38. The predicted octanol–water partition coefficient (Wildman–Crippen LogP) is 3.04. The van der Waals surface area contributed by atoms with Gasteiger partial charge in [0, 0.05) is 28.8 Å². The van der Waals surface area contributed by atoms with Crippen molar-refractivity contribution in [1.82, 2.24) is 0 Å². The number of hydrogen-bond donors (Lipinski definition) is 0. The monoisotopic (exact) mass is 489 g/mol. The number of aromatic nitrogens is 1. The summed E-state index contributed by atoms with van der Waals surface area (Å²) in [5.74, 6) is 3.70. The Morgan fingerprint density at radius 1 is 0.853 bits per heavy atom. The van der Waals surface area contributed by atoms with Gasteiger partial charge in [0.15, 0.2) is 35.2 Å². The van der Waals surface area contributed by atoms with Gasteiger partial charge >= 0.3 is 1.43 Å². The first kappa shape index (κ1) is 24.1. The van der Waals surface area contributed by atoms with Gasteiger partial charge < -0.3 is 28.1 Å². The average molecular weight is 490 g/mol. The molecule has 0 N–H and O–H groups in total. The summed E-state index contributed by atoms with van der Waals surface area (Å²) in [4.78, 5) is 0. The molecule has 3 aromatic rings. The molecule has 1 saturated carbocycles. The van der Waals surface area contributed by atoms with Gasteiger partial charge in [-0.25, -0.2) is 0 Å². The summed E-state index contributed by atoms with van der Waals surface area (Å²) < 4.78 is 58.9. The topological polar surface area (TPSA) is 121 Å². The number of benzene rings is 2. The minimum atomic E-state index is -5.17. The van der Waals surface area contributed by atoms with Crippen LogP contribution in [0.15, 0.2) is 30.3 Å². The lowest BCUT2D eigenvalue weighted by Gasteiger charge is -2.21. The van der Waals surface area contributed by atoms with Gasteiger partial charge in [-0.05, 0) is 48.1 Å². The summed E-state index contributed by atoms with van der Waals surface area (Å²) in [6, 6.07) is 10.7. The molecule has 5 rings (SSSR count). The molecule has 0 amide bonds. The van der Waals surface area contributed by atoms with Crippen LogP contribution >= 0.6 is 0 Å². The lowest BCUT2D eigenvalue weighted by molar-refractivity contribution is -0.693. The number of aryl methyl sites for hydroxylation is 1. The average Bonchev–Trinajstić information content (AvgIpc) is 3.64. The zero-order valence-corrected chi connectivity index (χ0v) is 20.2. The first-order chi connectivity index (χ1) is 16.2. The maximum atomic E-state index is 8.52. The Morgan fingerprint density at radius 3 is 1.94 bits per heavy atom. The molecular formula is C24H27NO8S. The highest BCUT2D eigenvalue weighted by atomic mass is 32.3. The molecule has 9 nitrogen and oxygen atoms in total. The molecule has 1 fully saturated rings. The lowest BCUT2D eigenvalue weighted by Crippen LogP contribution is -2.44. The molecule has 1 aromatic heterocycles. The SMILES string of the molecule is COc1cc2c(cc1OC)-c1cc3cc(OC)c(OC)cc3c(C3CC3)[n+]1CC2.O=S(=O)([O-])[O-].[H+]. The molecule has 2 heterocycles. The fraction of sp³-hybridized carbons (Fsp3) is 0.375. The number of fused-ring (bicyclic) bond motifs is 4. The standard InChI is InChI=1S/C24H26NO4.H2O4S/c1-26-20-10-15-7-8-25-19(17(15)12-22(20)28-3)9-16-11-21(27-2)23(29-4)13-18(16)24(25)14-5-6-14;1-5(2,3)4/h9-14H,5-8H2,1-4H3;(H2,1,2,3,4)/q+1;/p-1. The Bertz CT molecular complexity index is 1350. The number of rotatable bonds is 5. The Balaban J connectivity index is 0.000000521. The largest absolute Gasteiger partial charge is 1.00 e. The normalized spacial score (nSPS) is 14.4. The molecule has 34 heavy (non-hydrogen) atoms. The second kappa shape index (κ2) is 9.28. The van der Waals surface area contributed by atoms with Crippen LogP contribution in [-0.4, -0.2) is 46.0 Å². The third-order valence-corrected chi connectivity index (χ3v) is 6.16. The molecular weight excluding hydrogens is 462 g/mol. The highest BCUT2D eigenvalue weighted by Crippen LogP contribution is 2.46. The first-order valence-electron chi connectivity index (χ1n) is 10.7. The van der Waals surface area contributed by atoms with Gasteiger partial charge in [-0.15, -0.1) is 0 Å². The minimum Gasteiger partial charge on any atom is -0.759 e. The van der Waals surface area contributed by atoms with E-state index in [9.17, 15) is 0 Å². The predicted molar refractivity (Wildman–Crippen MR) is 123 cm³/mol. The van der Waals surface area contributed by atoms with Crippen molar-refractivity contribution in [3.8, 4) is 34.3 Å². The van der Waals surface area contributed by atoms with E-state index in [1.165, 1.54) is 46.1 Å². The maximum absolute atomic E-state index is 8.52. The van der Waals surface area contributed by atoms with Crippen LogP contribution in [0.25, 0.3) is 22.0 Å². The third-order valence-electron chi connectivity index (χ3n) is 6.16. The molecule has 10 heteroatoms. The second-order valence-electron chi connectivity index (χ2n) is 8.16. The maximum Gasteiger partial charge on any atom is 1.00 e. The van der Waals surface area contributed by atoms with Gasteiger partial charge in [0.2, 0.25) is 5.69 Å². The number of methoxy groups -OCH3 is 4. The van der Waals surface area contributed by atoms with E-state index in [1.807, 2.05) is 0 Å². The quantitative estimate of drug-likeness (QED) is 0.305.